The van der Waals surface area contributed by atoms with Crippen molar-refractivity contribution >= 4 is 24.1 Å². The lowest BCUT2D eigenvalue weighted by atomic mass is 9.87. The van der Waals surface area contributed by atoms with E-state index in [0.29, 0.717) is 0 Å². The Hall–Kier alpha value is -2.48. The van der Waals surface area contributed by atoms with Gasteiger partial charge in [0.25, 0.3) is 0 Å². The van der Waals surface area contributed by atoms with Crippen LogP contribution in [0.2, 0.25) is 0 Å². The molecule has 1 heterocycles. The van der Waals surface area contributed by atoms with Gasteiger partial charge >= 0.3 is 0 Å². The van der Waals surface area contributed by atoms with Crippen LogP contribution < -0.4 is 10.1 Å². The topological polar surface area (TPSA) is 83.2 Å². The van der Waals surface area contributed by atoms with E-state index in [1.54, 1.807) is 27.8 Å². The Morgan fingerprint density at radius 2 is 1.88 bits per heavy atom. The second-order valence-electron chi connectivity index (χ2n) is 6.87. The minimum Gasteiger partial charge on any atom is -0.548 e. The fourth-order valence-electron chi connectivity index (χ4n) is 2.52. The number of aliphatic carboxylic acids is 1. The van der Waals surface area contributed by atoms with Crippen molar-refractivity contribution in [3.05, 3.63) is 47.0 Å². The first kappa shape index (κ1) is 18.9. The van der Waals surface area contributed by atoms with Gasteiger partial charge in [-0.15, -0.1) is 0 Å². The Balaban J connectivity index is 2.29. The van der Waals surface area contributed by atoms with E-state index in [2.05, 4.69) is 5.10 Å². The van der Waals surface area contributed by atoms with Gasteiger partial charge in [-0.05, 0) is 23.2 Å². The molecule has 7 nitrogen and oxygen atoms in total. The molecule has 0 N–H and O–H groups in total. The summed E-state index contributed by atoms with van der Waals surface area (Å²) in [5, 5.41) is 16.9. The van der Waals surface area contributed by atoms with Crippen LogP contribution in [0, 0.1) is 10.2 Å². The van der Waals surface area contributed by atoms with Crippen LogP contribution in [0.15, 0.2) is 36.7 Å². The van der Waals surface area contributed by atoms with E-state index in [1.165, 1.54) is 20.7 Å². The molecule has 1 aromatic carbocycles. The lowest BCUT2D eigenvalue weighted by Crippen LogP contribution is -2.42. The van der Waals surface area contributed by atoms with Crippen LogP contribution in [0.5, 0.6) is 0 Å². The van der Waals surface area contributed by atoms with Crippen molar-refractivity contribution in [2.75, 3.05) is 12.1 Å². The summed E-state index contributed by atoms with van der Waals surface area (Å²) in [4.78, 5) is 24.0. The van der Waals surface area contributed by atoms with E-state index in [4.69, 9.17) is 12.2 Å². The van der Waals surface area contributed by atoms with Gasteiger partial charge in [0.05, 0.1) is 18.4 Å². The fraction of sp³-hybridized carbons (Fsp3) is 0.412. The van der Waals surface area contributed by atoms with Crippen LogP contribution in [0.4, 0.5) is 0 Å². The molecule has 2 rings (SSSR count). The van der Waals surface area contributed by atoms with Crippen LogP contribution in [0.25, 0.3) is 0 Å². The Bertz CT molecular complexity index is 820. The molecular weight excluding hydrogens is 340 g/mol. The minimum atomic E-state index is -1.27. The molecule has 134 valence electrons. The predicted octanol–water partition coefficient (Wildman–Crippen LogP) is 1.09. The van der Waals surface area contributed by atoms with Crippen molar-refractivity contribution in [2.45, 2.75) is 33.2 Å². The number of carbonyl (C=O) groups is 2. The molecule has 0 saturated carbocycles. The predicted molar refractivity (Wildman–Crippen MR) is 93.8 cm³/mol. The standard InChI is InChI=1S/C17H22N4O3S/c1-17(2,3)14(15(23)24)21-16(25)20(11-18-21)19(4)13(22)10-12-8-6-5-7-9-12/h5-9,11,14H,10H2,1-4H3,(H,23,24)/p-1. The lowest BCUT2D eigenvalue weighted by molar-refractivity contribution is -0.313. The molecule has 1 atom stereocenters. The Kier molecular flexibility index (Phi) is 5.42. The molecule has 0 bridgehead atoms. The third-order valence-corrected chi connectivity index (χ3v) is 4.22. The number of rotatable bonds is 5. The number of carboxylic acid groups (broad SMARTS) is 1. The Morgan fingerprint density at radius 3 is 2.40 bits per heavy atom. The summed E-state index contributed by atoms with van der Waals surface area (Å²) >= 11 is 5.33. The van der Waals surface area contributed by atoms with Crippen LogP contribution in [-0.2, 0) is 16.0 Å². The molecule has 0 spiro atoms. The number of amides is 1. The molecular formula is C17H21N4O3S-. The van der Waals surface area contributed by atoms with Crippen LogP contribution in [-0.4, -0.2) is 33.4 Å². The zero-order valence-corrected chi connectivity index (χ0v) is 15.5. The van der Waals surface area contributed by atoms with Crippen LogP contribution in [0.3, 0.4) is 0 Å². The average Bonchev–Trinajstić information content (AvgIpc) is 2.87. The summed E-state index contributed by atoms with van der Waals surface area (Å²) < 4.78 is 2.69. The number of nitrogens with zero attached hydrogens (tertiary/aromatic N) is 4. The van der Waals surface area contributed by atoms with E-state index in [9.17, 15) is 14.7 Å². The first-order chi connectivity index (χ1) is 11.6. The fourth-order valence-corrected chi connectivity index (χ4v) is 2.84. The molecule has 0 aliphatic heterocycles. The lowest BCUT2D eigenvalue weighted by Gasteiger charge is -2.31. The summed E-state index contributed by atoms with van der Waals surface area (Å²) in [5.74, 6) is -1.46. The minimum absolute atomic E-state index is 0.119. The molecule has 8 heteroatoms. The Labute approximate surface area is 151 Å². The SMILES string of the molecule is CN(C(=O)Cc1ccccc1)n1cnn(C(C(=O)[O-])C(C)(C)C)c1=S. The summed E-state index contributed by atoms with van der Waals surface area (Å²) in [7, 11) is 1.57. The number of hydrogen-bond acceptors (Lipinski definition) is 5. The van der Waals surface area contributed by atoms with Gasteiger partial charge < -0.3 is 9.90 Å². The van der Waals surface area contributed by atoms with Gasteiger partial charge in [-0.25, -0.2) is 14.4 Å². The molecule has 1 aromatic heterocycles. The normalized spacial score (nSPS) is 12.6. The quantitative estimate of drug-likeness (QED) is 0.745. The zero-order chi connectivity index (χ0) is 18.8. The highest BCUT2D eigenvalue weighted by molar-refractivity contribution is 7.71. The summed E-state index contributed by atoms with van der Waals surface area (Å²) in [6.07, 6.45) is 1.54. The van der Waals surface area contributed by atoms with Crippen molar-refractivity contribution in [3.63, 3.8) is 0 Å². The van der Waals surface area contributed by atoms with Crippen molar-refractivity contribution in [1.82, 2.24) is 14.5 Å². The monoisotopic (exact) mass is 361 g/mol. The van der Waals surface area contributed by atoms with Gasteiger partial charge in [0, 0.05) is 7.05 Å². The second kappa shape index (κ2) is 7.18. The molecule has 0 fully saturated rings. The first-order valence-electron chi connectivity index (χ1n) is 7.80. The smallest absolute Gasteiger partial charge is 0.245 e. The number of carboxylic acids is 1. The second-order valence-corrected chi connectivity index (χ2v) is 7.24. The number of carbonyl (C=O) groups excluding carboxylic acids is 2. The van der Waals surface area contributed by atoms with E-state index < -0.39 is 17.4 Å². The number of aromatic nitrogens is 3. The maximum Gasteiger partial charge on any atom is 0.245 e. The zero-order valence-electron chi connectivity index (χ0n) is 14.7. The molecule has 0 radical (unpaired) electrons. The highest BCUT2D eigenvalue weighted by Gasteiger charge is 2.30. The van der Waals surface area contributed by atoms with Gasteiger partial charge in [-0.1, -0.05) is 51.1 Å². The van der Waals surface area contributed by atoms with Crippen LogP contribution >= 0.6 is 12.2 Å². The van der Waals surface area contributed by atoms with Crippen molar-refractivity contribution in [1.29, 1.82) is 0 Å². The van der Waals surface area contributed by atoms with E-state index in [1.807, 2.05) is 30.3 Å². The Morgan fingerprint density at radius 1 is 1.28 bits per heavy atom. The first-order valence-corrected chi connectivity index (χ1v) is 8.21. The number of likely N-dealkylation sites (N-methyl/N-ethyl adjacent to an activating group) is 1. The van der Waals surface area contributed by atoms with Crippen molar-refractivity contribution in [3.8, 4) is 0 Å². The maximum atomic E-state index is 12.5. The van der Waals surface area contributed by atoms with E-state index in [0.717, 1.165) is 5.56 Å². The molecule has 0 aliphatic rings. The molecule has 1 amide bonds. The summed E-state index contributed by atoms with van der Waals surface area (Å²) in [6.45, 7) is 5.29. The van der Waals surface area contributed by atoms with Crippen molar-refractivity contribution < 1.29 is 14.7 Å². The summed E-state index contributed by atoms with van der Waals surface area (Å²) in [6, 6.07) is 8.28. The number of benzene rings is 1. The largest absolute Gasteiger partial charge is 0.548 e. The van der Waals surface area contributed by atoms with E-state index in [-0.39, 0.29) is 17.1 Å². The highest BCUT2D eigenvalue weighted by atomic mass is 32.1. The van der Waals surface area contributed by atoms with Gasteiger partial charge in [0.2, 0.25) is 10.7 Å². The van der Waals surface area contributed by atoms with Gasteiger partial charge in [0.1, 0.15) is 6.33 Å². The molecule has 1 unspecified atom stereocenters. The van der Waals surface area contributed by atoms with Gasteiger partial charge in [-0.2, -0.15) is 5.10 Å². The van der Waals surface area contributed by atoms with Gasteiger partial charge in [-0.3, -0.25) is 4.79 Å². The molecule has 0 saturated heterocycles. The van der Waals surface area contributed by atoms with E-state index >= 15 is 0 Å². The third-order valence-electron chi connectivity index (χ3n) is 3.85. The third kappa shape index (κ3) is 4.14. The molecule has 25 heavy (non-hydrogen) atoms. The number of hydrogen-bond donors (Lipinski definition) is 0. The average molecular weight is 361 g/mol. The van der Waals surface area contributed by atoms with Crippen molar-refractivity contribution in [2.24, 2.45) is 5.41 Å². The maximum absolute atomic E-state index is 12.5. The highest BCUT2D eigenvalue weighted by Crippen LogP contribution is 2.29. The van der Waals surface area contributed by atoms with Gasteiger partial charge in [0.15, 0.2) is 0 Å². The molecule has 2 aromatic rings. The summed E-state index contributed by atoms with van der Waals surface area (Å²) in [5.41, 5.74) is 0.226. The van der Waals surface area contributed by atoms with Crippen LogP contribution in [0.1, 0.15) is 32.4 Å². The molecule has 0 aliphatic carbocycles.